The van der Waals surface area contributed by atoms with Crippen molar-refractivity contribution in [1.82, 2.24) is 0 Å². The van der Waals surface area contributed by atoms with E-state index in [9.17, 15) is 9.59 Å². The van der Waals surface area contributed by atoms with E-state index in [1.165, 1.54) is 0 Å². The second kappa shape index (κ2) is 8.51. The number of anilines is 2. The van der Waals surface area contributed by atoms with Crippen molar-refractivity contribution >= 4 is 39.1 Å². The number of amides is 2. The van der Waals surface area contributed by atoms with E-state index < -0.39 is 0 Å². The van der Waals surface area contributed by atoms with E-state index in [1.54, 1.807) is 67.8 Å². The van der Waals surface area contributed by atoms with Gasteiger partial charge in [0.2, 0.25) is 0 Å². The summed E-state index contributed by atoms with van der Waals surface area (Å²) < 4.78 is 6.02. The lowest BCUT2D eigenvalue weighted by Gasteiger charge is -2.09. The standard InChI is InChI=1S/C21H17BrN2O3/c1-27-19-11-5-14(6-12-19)20(25)24-18-4-2-3-15(13-18)21(26)23-17-9-7-16(22)8-10-17/h2-13H,1H3,(H,23,26)(H,24,25). The third kappa shape index (κ3) is 4.95. The average molecular weight is 425 g/mol. The minimum atomic E-state index is -0.261. The molecule has 5 nitrogen and oxygen atoms in total. The molecule has 136 valence electrons. The Bertz CT molecular complexity index is 954. The molecule has 0 heterocycles. The molecule has 2 amide bonds. The van der Waals surface area contributed by atoms with Gasteiger partial charge in [0, 0.05) is 27.0 Å². The Balaban J connectivity index is 1.69. The zero-order chi connectivity index (χ0) is 19.2. The Hall–Kier alpha value is -3.12. The lowest BCUT2D eigenvalue weighted by Crippen LogP contribution is -2.14. The predicted octanol–water partition coefficient (Wildman–Crippen LogP) is 4.96. The summed E-state index contributed by atoms with van der Waals surface area (Å²) in [6, 6.07) is 20.9. The Kier molecular flexibility index (Phi) is 5.88. The normalized spacial score (nSPS) is 10.1. The van der Waals surface area contributed by atoms with E-state index in [2.05, 4.69) is 26.6 Å². The number of carbonyl (C=O) groups is 2. The van der Waals surface area contributed by atoms with Crippen molar-refractivity contribution < 1.29 is 14.3 Å². The summed E-state index contributed by atoms with van der Waals surface area (Å²) >= 11 is 3.36. The molecule has 0 fully saturated rings. The number of hydrogen-bond donors (Lipinski definition) is 2. The molecule has 27 heavy (non-hydrogen) atoms. The summed E-state index contributed by atoms with van der Waals surface area (Å²) in [5.41, 5.74) is 2.18. The quantitative estimate of drug-likeness (QED) is 0.607. The van der Waals surface area contributed by atoms with Crippen LogP contribution < -0.4 is 15.4 Å². The van der Waals surface area contributed by atoms with Crippen LogP contribution in [0.4, 0.5) is 11.4 Å². The van der Waals surface area contributed by atoms with Gasteiger partial charge in [-0.05, 0) is 66.7 Å². The third-order valence-electron chi connectivity index (χ3n) is 3.84. The van der Waals surface area contributed by atoms with E-state index in [1.807, 2.05) is 12.1 Å². The van der Waals surface area contributed by atoms with Gasteiger partial charge in [-0.25, -0.2) is 0 Å². The average Bonchev–Trinajstić information content (AvgIpc) is 2.70. The molecule has 0 spiro atoms. The van der Waals surface area contributed by atoms with Crippen LogP contribution in [0.1, 0.15) is 20.7 Å². The van der Waals surface area contributed by atoms with E-state index in [-0.39, 0.29) is 11.8 Å². The first-order valence-electron chi connectivity index (χ1n) is 8.17. The highest BCUT2D eigenvalue weighted by atomic mass is 79.9. The van der Waals surface area contributed by atoms with Crippen molar-refractivity contribution in [2.75, 3.05) is 17.7 Å². The van der Waals surface area contributed by atoms with Crippen molar-refractivity contribution in [2.24, 2.45) is 0 Å². The SMILES string of the molecule is COc1ccc(C(=O)Nc2cccc(C(=O)Nc3ccc(Br)cc3)c2)cc1. The number of hydrogen-bond acceptors (Lipinski definition) is 3. The molecular formula is C21H17BrN2O3. The maximum absolute atomic E-state index is 12.4. The summed E-state index contributed by atoms with van der Waals surface area (Å²) in [5.74, 6) is 0.166. The molecule has 0 bridgehead atoms. The highest BCUT2D eigenvalue weighted by Gasteiger charge is 2.10. The first kappa shape index (κ1) is 18.7. The van der Waals surface area contributed by atoms with Gasteiger partial charge in [-0.1, -0.05) is 22.0 Å². The zero-order valence-corrected chi connectivity index (χ0v) is 16.1. The van der Waals surface area contributed by atoms with E-state index in [0.29, 0.717) is 28.3 Å². The van der Waals surface area contributed by atoms with Gasteiger partial charge in [-0.3, -0.25) is 9.59 Å². The van der Waals surface area contributed by atoms with Gasteiger partial charge in [0.1, 0.15) is 5.75 Å². The Labute approximate surface area is 165 Å². The summed E-state index contributed by atoms with van der Waals surface area (Å²) in [6.45, 7) is 0. The van der Waals surface area contributed by atoms with Crippen molar-refractivity contribution in [1.29, 1.82) is 0 Å². The summed E-state index contributed by atoms with van der Waals surface area (Å²) in [7, 11) is 1.57. The Morgan fingerprint density at radius 1 is 0.778 bits per heavy atom. The summed E-state index contributed by atoms with van der Waals surface area (Å²) in [4.78, 5) is 24.8. The molecule has 0 aromatic heterocycles. The van der Waals surface area contributed by atoms with E-state index in [0.717, 1.165) is 4.47 Å². The molecule has 0 aliphatic heterocycles. The molecule has 0 radical (unpaired) electrons. The van der Waals surface area contributed by atoms with Gasteiger partial charge in [0.05, 0.1) is 7.11 Å². The number of nitrogens with one attached hydrogen (secondary N) is 2. The molecule has 0 atom stereocenters. The first-order valence-corrected chi connectivity index (χ1v) is 8.97. The molecular weight excluding hydrogens is 408 g/mol. The molecule has 2 N–H and O–H groups in total. The number of rotatable bonds is 5. The van der Waals surface area contributed by atoms with Crippen LogP contribution in [0.3, 0.4) is 0 Å². The van der Waals surface area contributed by atoms with E-state index in [4.69, 9.17) is 4.74 Å². The maximum atomic E-state index is 12.4. The van der Waals surface area contributed by atoms with E-state index >= 15 is 0 Å². The zero-order valence-electron chi connectivity index (χ0n) is 14.5. The van der Waals surface area contributed by atoms with Gasteiger partial charge in [-0.2, -0.15) is 0 Å². The smallest absolute Gasteiger partial charge is 0.255 e. The largest absolute Gasteiger partial charge is 0.497 e. The highest BCUT2D eigenvalue weighted by molar-refractivity contribution is 9.10. The van der Waals surface area contributed by atoms with Crippen molar-refractivity contribution in [2.45, 2.75) is 0 Å². The molecule has 0 saturated carbocycles. The fourth-order valence-electron chi connectivity index (χ4n) is 2.42. The molecule has 6 heteroatoms. The molecule has 0 aliphatic rings. The topological polar surface area (TPSA) is 67.4 Å². The van der Waals surface area contributed by atoms with Crippen LogP contribution in [-0.2, 0) is 0 Å². The van der Waals surface area contributed by atoms with Gasteiger partial charge in [-0.15, -0.1) is 0 Å². The number of carbonyl (C=O) groups excluding carboxylic acids is 2. The molecule has 3 aromatic carbocycles. The molecule has 3 rings (SSSR count). The van der Waals surface area contributed by atoms with Crippen LogP contribution in [0.2, 0.25) is 0 Å². The predicted molar refractivity (Wildman–Crippen MR) is 109 cm³/mol. The van der Waals surface area contributed by atoms with Crippen LogP contribution in [0.5, 0.6) is 5.75 Å². The lowest BCUT2D eigenvalue weighted by atomic mass is 10.1. The van der Waals surface area contributed by atoms with Crippen molar-refractivity contribution in [3.05, 3.63) is 88.4 Å². The van der Waals surface area contributed by atoms with Gasteiger partial charge in [0.15, 0.2) is 0 Å². The van der Waals surface area contributed by atoms with Crippen LogP contribution in [0, 0.1) is 0 Å². The van der Waals surface area contributed by atoms with Gasteiger partial charge in [0.25, 0.3) is 11.8 Å². The molecule has 0 aliphatic carbocycles. The van der Waals surface area contributed by atoms with Crippen LogP contribution in [0.15, 0.2) is 77.3 Å². The second-order valence-electron chi connectivity index (χ2n) is 5.72. The molecule has 0 saturated heterocycles. The maximum Gasteiger partial charge on any atom is 0.255 e. The fraction of sp³-hybridized carbons (Fsp3) is 0.0476. The first-order chi connectivity index (χ1) is 13.0. The van der Waals surface area contributed by atoms with Gasteiger partial charge < -0.3 is 15.4 Å². The van der Waals surface area contributed by atoms with Crippen LogP contribution >= 0.6 is 15.9 Å². The molecule has 0 unspecified atom stereocenters. The minimum Gasteiger partial charge on any atom is -0.497 e. The minimum absolute atomic E-state index is 0.252. The third-order valence-corrected chi connectivity index (χ3v) is 4.37. The Morgan fingerprint density at radius 2 is 1.41 bits per heavy atom. The molecule has 3 aromatic rings. The number of benzene rings is 3. The van der Waals surface area contributed by atoms with Crippen LogP contribution in [-0.4, -0.2) is 18.9 Å². The fourth-order valence-corrected chi connectivity index (χ4v) is 2.68. The second-order valence-corrected chi connectivity index (χ2v) is 6.64. The number of halogens is 1. The number of methoxy groups -OCH3 is 1. The van der Waals surface area contributed by atoms with Crippen molar-refractivity contribution in [3.8, 4) is 5.75 Å². The van der Waals surface area contributed by atoms with Gasteiger partial charge >= 0.3 is 0 Å². The monoisotopic (exact) mass is 424 g/mol. The Morgan fingerprint density at radius 3 is 2.07 bits per heavy atom. The summed E-state index contributed by atoms with van der Waals surface area (Å²) in [5, 5.41) is 5.62. The van der Waals surface area contributed by atoms with Crippen LogP contribution in [0.25, 0.3) is 0 Å². The number of ether oxygens (including phenoxy) is 1. The highest BCUT2D eigenvalue weighted by Crippen LogP contribution is 2.18. The summed E-state index contributed by atoms with van der Waals surface area (Å²) in [6.07, 6.45) is 0. The lowest BCUT2D eigenvalue weighted by molar-refractivity contribution is 0.101. The van der Waals surface area contributed by atoms with Crippen molar-refractivity contribution in [3.63, 3.8) is 0 Å².